The quantitative estimate of drug-likeness (QED) is 0.464. The third-order valence-electron chi connectivity index (χ3n) is 3.93. The molecule has 0 unspecified atom stereocenters. The van der Waals surface area contributed by atoms with E-state index < -0.39 is 36.2 Å². The van der Waals surface area contributed by atoms with Crippen LogP contribution in [0, 0.1) is 11.6 Å². The number of nitrogens with zero attached hydrogens (tertiary/aromatic N) is 2. The van der Waals surface area contributed by atoms with Gasteiger partial charge in [0.1, 0.15) is 0 Å². The molecule has 0 radical (unpaired) electrons. The van der Waals surface area contributed by atoms with Crippen molar-refractivity contribution in [3.63, 3.8) is 0 Å². The Labute approximate surface area is 168 Å². The van der Waals surface area contributed by atoms with Crippen LogP contribution in [0.5, 0.6) is 5.75 Å². The number of benzene rings is 1. The van der Waals surface area contributed by atoms with Gasteiger partial charge in [-0.15, -0.1) is 0 Å². The fourth-order valence-corrected chi connectivity index (χ4v) is 6.17. The van der Waals surface area contributed by atoms with Crippen molar-refractivity contribution in [2.75, 3.05) is 12.4 Å². The summed E-state index contributed by atoms with van der Waals surface area (Å²) in [4.78, 5) is 8.37. The third-order valence-corrected chi connectivity index (χ3v) is 8.12. The van der Waals surface area contributed by atoms with Gasteiger partial charge in [0.2, 0.25) is 0 Å². The summed E-state index contributed by atoms with van der Waals surface area (Å²) in [5.41, 5.74) is 1.99. The van der Waals surface area contributed by atoms with Crippen molar-refractivity contribution in [1.29, 1.82) is 0 Å². The molecule has 0 fully saturated rings. The number of nitrogens with one attached hydrogen (secondary N) is 1. The van der Waals surface area contributed by atoms with Gasteiger partial charge in [-0.05, 0) is 0 Å². The molecule has 0 bridgehead atoms. The number of rotatable bonds is 6. The molecule has 3 aromatic rings. The molecular weight excluding hydrogens is 541 g/mol. The average molecular weight is 560 g/mol. The molecule has 5 nitrogen and oxygen atoms in total. The van der Waals surface area contributed by atoms with E-state index in [-0.39, 0.29) is 16.8 Å². The summed E-state index contributed by atoms with van der Waals surface area (Å²) in [5.74, 6) is 0.430. The van der Waals surface area contributed by atoms with Crippen LogP contribution in [-0.4, -0.2) is 22.6 Å². The summed E-state index contributed by atoms with van der Waals surface area (Å²) in [6.45, 7) is 0. The van der Waals surface area contributed by atoms with Crippen molar-refractivity contribution in [3.8, 4) is 16.9 Å². The minimum atomic E-state index is -0.770. The van der Waals surface area contributed by atoms with Crippen LogP contribution in [0.25, 0.3) is 11.1 Å². The molecule has 138 valence electrons. The van der Waals surface area contributed by atoms with Crippen LogP contribution in [0.2, 0.25) is 4.43 Å². The van der Waals surface area contributed by atoms with Crippen LogP contribution in [0.4, 0.5) is 20.4 Å². The molecule has 0 spiro atoms. The van der Waals surface area contributed by atoms with Gasteiger partial charge in [-0.3, -0.25) is 0 Å². The second kappa shape index (κ2) is 9.71. The van der Waals surface area contributed by atoms with Gasteiger partial charge in [-0.25, -0.2) is 4.39 Å². The number of hydrogen-bond donors (Lipinski definition) is 1. The van der Waals surface area contributed by atoms with Crippen molar-refractivity contribution in [3.05, 3.63) is 66.0 Å². The molecule has 1 aromatic carbocycles. The van der Waals surface area contributed by atoms with E-state index in [1.165, 1.54) is 34.8 Å². The van der Waals surface area contributed by atoms with Gasteiger partial charge < -0.3 is 5.48 Å². The van der Waals surface area contributed by atoms with Crippen molar-refractivity contribution < 1.29 is 43.6 Å². The molecule has 0 atom stereocenters. The van der Waals surface area contributed by atoms with Gasteiger partial charge in [-0.2, -0.15) is 0 Å². The molecule has 3 N–H and O–H groups in total. The van der Waals surface area contributed by atoms with Crippen molar-refractivity contribution in [2.24, 2.45) is 0 Å². The molecular formula is C19H19F2HgN3O2. The van der Waals surface area contributed by atoms with Crippen LogP contribution in [0.1, 0.15) is 5.56 Å². The zero-order valence-electron chi connectivity index (χ0n) is 15.1. The number of halogens is 2. The zero-order chi connectivity index (χ0) is 18.5. The third kappa shape index (κ3) is 5.20. The Morgan fingerprint density at radius 1 is 1.04 bits per heavy atom. The predicted molar refractivity (Wildman–Crippen MR) is 96.8 cm³/mol. The molecule has 2 heterocycles. The maximum Gasteiger partial charge on any atom is -0.412 e. The Bertz CT molecular complexity index is 925. The minimum absolute atomic E-state index is 0. The molecule has 27 heavy (non-hydrogen) atoms. The van der Waals surface area contributed by atoms with Gasteiger partial charge >= 0.3 is 159 Å². The van der Waals surface area contributed by atoms with E-state index >= 15 is 0 Å². The Balaban J connectivity index is 0.00000261. The number of hydrogen-bond acceptors (Lipinski definition) is 4. The van der Waals surface area contributed by atoms with E-state index in [4.69, 9.17) is 4.74 Å². The number of anilines is 2. The van der Waals surface area contributed by atoms with Crippen LogP contribution in [0.3, 0.4) is 0 Å². The second-order valence-electron chi connectivity index (χ2n) is 5.82. The summed E-state index contributed by atoms with van der Waals surface area (Å²) < 4.78 is 36.4. The summed E-state index contributed by atoms with van der Waals surface area (Å²) >= 11 is -0.770. The largest absolute Gasteiger partial charge is 0.412 e. The summed E-state index contributed by atoms with van der Waals surface area (Å²) in [7, 11) is 1.42. The zero-order valence-corrected chi connectivity index (χ0v) is 20.6. The van der Waals surface area contributed by atoms with Crippen molar-refractivity contribution >= 4 is 11.6 Å². The second-order valence-corrected chi connectivity index (χ2v) is 11.6. The number of aromatic nitrogens is 2. The van der Waals surface area contributed by atoms with E-state index in [0.717, 1.165) is 6.20 Å². The van der Waals surface area contributed by atoms with Crippen molar-refractivity contribution in [2.45, 2.75) is 8.36 Å². The van der Waals surface area contributed by atoms with Crippen LogP contribution in [0.15, 0.2) is 48.8 Å². The molecule has 0 aliphatic carbocycles. The number of methoxy groups -OCH3 is 1. The summed E-state index contributed by atoms with van der Waals surface area (Å²) in [6, 6.07) is 9.56. The predicted octanol–water partition coefficient (Wildman–Crippen LogP) is 3.98. The van der Waals surface area contributed by atoms with Gasteiger partial charge in [-0.1, -0.05) is 0 Å². The molecule has 0 aliphatic rings. The topological polar surface area (TPSA) is 78.5 Å². The molecule has 0 amide bonds. The van der Waals surface area contributed by atoms with Crippen LogP contribution >= 0.6 is 0 Å². The molecule has 0 saturated heterocycles. The van der Waals surface area contributed by atoms with E-state index in [0.29, 0.717) is 17.2 Å². The molecule has 2 aromatic heterocycles. The molecule has 8 heteroatoms. The average Bonchev–Trinajstić information content (AvgIpc) is 2.64. The smallest absolute Gasteiger partial charge is 0.412 e. The standard InChI is InChI=1S/C18H14F2N3O.CH3.Hg.H2O/c1-11-5-6-21-17(7-11)23-18-9-14(15(20)10-22-18)13-4-3-12(19)8-16(13)24-2;;;/h3-10H,1H2,2H3,(H,21,22,23);1H3;;1H2. The summed E-state index contributed by atoms with van der Waals surface area (Å²) in [5, 5.41) is 3.11. The van der Waals surface area contributed by atoms with Gasteiger partial charge in [0.05, 0.1) is 0 Å². The fourth-order valence-electron chi connectivity index (χ4n) is 2.72. The first-order valence-corrected chi connectivity index (χ1v) is 17.7. The van der Waals surface area contributed by atoms with E-state index in [2.05, 4.69) is 19.7 Å². The molecule has 3 rings (SSSR count). The Morgan fingerprint density at radius 3 is 2.56 bits per heavy atom. The first-order chi connectivity index (χ1) is 12.6. The van der Waals surface area contributed by atoms with Crippen LogP contribution < -0.4 is 10.1 Å². The monoisotopic (exact) mass is 561 g/mol. The normalized spacial score (nSPS) is 9.93. The fraction of sp³-hybridized carbons (Fsp3) is 0.158. The number of ether oxygens (including phenoxy) is 1. The Hall–Kier alpha value is -2.12. The summed E-state index contributed by atoms with van der Waals surface area (Å²) in [6.07, 6.45) is 2.89. The molecule has 0 saturated carbocycles. The van der Waals surface area contributed by atoms with E-state index in [9.17, 15) is 8.78 Å². The minimum Gasteiger partial charge on any atom is -0.412 e. The number of pyridine rings is 2. The first kappa shape index (κ1) is 21.2. The van der Waals surface area contributed by atoms with E-state index in [1.54, 1.807) is 12.3 Å². The Kier molecular flexibility index (Phi) is 7.61. The maximum atomic E-state index is 14.3. The van der Waals surface area contributed by atoms with Crippen LogP contribution in [-0.2, 0) is 28.5 Å². The van der Waals surface area contributed by atoms with Crippen molar-refractivity contribution in [1.82, 2.24) is 9.97 Å². The molecule has 0 aliphatic heterocycles. The SMILES string of the molecule is COc1cc(F)ccc1-c1cc(Nc2cc([CH2][Hg][CH3])ccn2)ncc1F.O. The van der Waals surface area contributed by atoms with Gasteiger partial charge in [0, 0.05) is 0 Å². The first-order valence-electron chi connectivity index (χ1n) is 8.32. The van der Waals surface area contributed by atoms with Gasteiger partial charge in [0.25, 0.3) is 0 Å². The maximum absolute atomic E-state index is 14.3. The van der Waals surface area contributed by atoms with E-state index in [1.807, 2.05) is 12.1 Å². The van der Waals surface area contributed by atoms with Gasteiger partial charge in [0.15, 0.2) is 0 Å². The Morgan fingerprint density at radius 2 is 1.81 bits per heavy atom.